The van der Waals surface area contributed by atoms with E-state index in [9.17, 15) is 0 Å². The van der Waals surface area contributed by atoms with Crippen molar-refractivity contribution in [2.75, 3.05) is 11.4 Å². The molecule has 0 unspecified atom stereocenters. The molecule has 19 heavy (non-hydrogen) atoms. The van der Waals surface area contributed by atoms with E-state index >= 15 is 0 Å². The van der Waals surface area contributed by atoms with Crippen molar-refractivity contribution in [3.05, 3.63) is 47.0 Å². The number of aromatic nitrogens is 3. The molecule has 0 bridgehead atoms. The molecule has 2 aromatic rings. The Hall–Kier alpha value is -2.00. The van der Waals surface area contributed by atoms with Crippen LogP contribution in [-0.4, -0.2) is 21.5 Å². The molecule has 0 aliphatic rings. The lowest BCUT2D eigenvalue weighted by Gasteiger charge is -2.21. The Labute approximate surface area is 120 Å². The molecule has 2 heterocycles. The summed E-state index contributed by atoms with van der Waals surface area (Å²) in [6, 6.07) is 6.02. The maximum Gasteiger partial charge on any atom is 0.225 e. The second-order valence-electron chi connectivity index (χ2n) is 3.89. The van der Waals surface area contributed by atoms with E-state index in [1.165, 1.54) is 0 Å². The molecule has 6 heteroatoms. The van der Waals surface area contributed by atoms with Gasteiger partial charge in [-0.15, -0.1) is 0 Å². The molecule has 5 nitrogen and oxygen atoms in total. The molecule has 0 aliphatic heterocycles. The highest BCUT2D eigenvalue weighted by atomic mass is 79.9. The summed E-state index contributed by atoms with van der Waals surface area (Å²) in [4.78, 5) is 14.6. The molecule has 0 aliphatic carbocycles. The molecule has 96 valence electrons. The fourth-order valence-electron chi connectivity index (χ4n) is 1.62. The maximum absolute atomic E-state index is 8.73. The van der Waals surface area contributed by atoms with Crippen molar-refractivity contribution in [1.29, 1.82) is 5.26 Å². The number of nitrogens with zero attached hydrogens (tertiary/aromatic N) is 5. The molecular formula is C13H12BrN5. The quantitative estimate of drug-likeness (QED) is 0.847. The van der Waals surface area contributed by atoms with Gasteiger partial charge < -0.3 is 4.90 Å². The van der Waals surface area contributed by atoms with Crippen LogP contribution in [0, 0.1) is 11.3 Å². The summed E-state index contributed by atoms with van der Waals surface area (Å²) in [5.74, 6) is 0.613. The molecule has 0 fully saturated rings. The summed E-state index contributed by atoms with van der Waals surface area (Å²) in [7, 11) is 0. The summed E-state index contributed by atoms with van der Waals surface area (Å²) in [6.45, 7) is 1.23. The Morgan fingerprint density at radius 2 is 2.05 bits per heavy atom. The SMILES string of the molecule is N#CCCN(Cc1cccnc1)c1ncc(Br)cn1. The van der Waals surface area contributed by atoms with Crippen LogP contribution < -0.4 is 4.90 Å². The Bertz CT molecular complexity index is 549. The number of pyridine rings is 1. The molecule has 2 rings (SSSR count). The van der Waals surface area contributed by atoms with Crippen LogP contribution in [0.1, 0.15) is 12.0 Å². The smallest absolute Gasteiger partial charge is 0.225 e. The largest absolute Gasteiger partial charge is 0.335 e. The van der Waals surface area contributed by atoms with Gasteiger partial charge in [-0.3, -0.25) is 4.98 Å². The minimum absolute atomic E-state index is 0.430. The number of hydrogen-bond donors (Lipinski definition) is 0. The third-order valence-electron chi connectivity index (χ3n) is 2.48. The van der Waals surface area contributed by atoms with Crippen molar-refractivity contribution in [2.45, 2.75) is 13.0 Å². The molecule has 0 amide bonds. The van der Waals surface area contributed by atoms with Gasteiger partial charge in [-0.25, -0.2) is 9.97 Å². The van der Waals surface area contributed by atoms with E-state index in [-0.39, 0.29) is 0 Å². The zero-order valence-electron chi connectivity index (χ0n) is 10.2. The molecule has 2 aromatic heterocycles. The lowest BCUT2D eigenvalue weighted by atomic mass is 10.2. The van der Waals surface area contributed by atoms with Crippen LogP contribution in [0.2, 0.25) is 0 Å². The summed E-state index contributed by atoms with van der Waals surface area (Å²) in [5.41, 5.74) is 1.06. The molecule has 0 saturated carbocycles. The van der Waals surface area contributed by atoms with Crippen molar-refractivity contribution in [1.82, 2.24) is 15.0 Å². The number of nitriles is 1. The van der Waals surface area contributed by atoms with E-state index in [1.54, 1.807) is 24.8 Å². The normalized spacial score (nSPS) is 9.89. The second-order valence-corrected chi connectivity index (χ2v) is 4.81. The Morgan fingerprint density at radius 1 is 1.26 bits per heavy atom. The highest BCUT2D eigenvalue weighted by Gasteiger charge is 2.10. The van der Waals surface area contributed by atoms with E-state index in [0.717, 1.165) is 10.0 Å². The third kappa shape index (κ3) is 4.00. The third-order valence-corrected chi connectivity index (χ3v) is 2.89. The predicted octanol–water partition coefficient (Wildman–Crippen LogP) is 2.55. The van der Waals surface area contributed by atoms with Gasteiger partial charge in [-0.1, -0.05) is 6.07 Å². The van der Waals surface area contributed by atoms with Gasteiger partial charge >= 0.3 is 0 Å². The van der Waals surface area contributed by atoms with Crippen molar-refractivity contribution >= 4 is 21.9 Å². The summed E-state index contributed by atoms with van der Waals surface area (Å²) >= 11 is 3.31. The zero-order chi connectivity index (χ0) is 13.5. The van der Waals surface area contributed by atoms with Gasteiger partial charge in [0.1, 0.15) is 0 Å². The molecule has 0 aromatic carbocycles. The van der Waals surface area contributed by atoms with Crippen LogP contribution in [0.15, 0.2) is 41.4 Å². The number of hydrogen-bond acceptors (Lipinski definition) is 5. The predicted molar refractivity (Wildman–Crippen MR) is 75.2 cm³/mol. The topological polar surface area (TPSA) is 65.7 Å². The summed E-state index contributed by atoms with van der Waals surface area (Å²) < 4.78 is 0.831. The van der Waals surface area contributed by atoms with E-state index in [0.29, 0.717) is 25.5 Å². The first-order chi connectivity index (χ1) is 9.29. The number of halogens is 1. The standard InChI is InChI=1S/C13H12BrN5/c14-12-8-17-13(18-9-12)19(6-2-4-15)10-11-3-1-5-16-7-11/h1,3,5,7-9H,2,6,10H2. The lowest BCUT2D eigenvalue weighted by Crippen LogP contribution is -2.25. The molecule has 0 radical (unpaired) electrons. The summed E-state index contributed by atoms with van der Waals surface area (Å²) in [6.07, 6.45) is 7.37. The Kier molecular flexibility index (Phi) is 4.81. The minimum atomic E-state index is 0.430. The van der Waals surface area contributed by atoms with E-state index in [4.69, 9.17) is 5.26 Å². The van der Waals surface area contributed by atoms with Gasteiger partial charge in [0.25, 0.3) is 0 Å². The van der Waals surface area contributed by atoms with Crippen LogP contribution in [0.5, 0.6) is 0 Å². The minimum Gasteiger partial charge on any atom is -0.335 e. The molecular weight excluding hydrogens is 306 g/mol. The second kappa shape index (κ2) is 6.81. The fourth-order valence-corrected chi connectivity index (χ4v) is 1.82. The highest BCUT2D eigenvalue weighted by molar-refractivity contribution is 9.10. The number of anilines is 1. The van der Waals surface area contributed by atoms with Crippen LogP contribution in [-0.2, 0) is 6.54 Å². The van der Waals surface area contributed by atoms with Gasteiger partial charge in [0.05, 0.1) is 17.0 Å². The first kappa shape index (κ1) is 13.4. The molecule has 0 atom stereocenters. The van der Waals surface area contributed by atoms with Gasteiger partial charge in [0, 0.05) is 37.9 Å². The van der Waals surface area contributed by atoms with Gasteiger partial charge in [0.2, 0.25) is 5.95 Å². The Morgan fingerprint density at radius 3 is 2.68 bits per heavy atom. The fraction of sp³-hybridized carbons (Fsp3) is 0.231. The van der Waals surface area contributed by atoms with Crippen molar-refractivity contribution in [3.8, 4) is 6.07 Å². The van der Waals surface area contributed by atoms with Crippen molar-refractivity contribution < 1.29 is 0 Å². The van der Waals surface area contributed by atoms with Crippen LogP contribution in [0.3, 0.4) is 0 Å². The number of rotatable bonds is 5. The van der Waals surface area contributed by atoms with Crippen molar-refractivity contribution in [2.24, 2.45) is 0 Å². The van der Waals surface area contributed by atoms with E-state index < -0.39 is 0 Å². The lowest BCUT2D eigenvalue weighted by molar-refractivity contribution is 0.761. The van der Waals surface area contributed by atoms with Gasteiger partial charge in [-0.2, -0.15) is 5.26 Å². The average molecular weight is 318 g/mol. The highest BCUT2D eigenvalue weighted by Crippen LogP contribution is 2.14. The van der Waals surface area contributed by atoms with E-state index in [2.05, 4.69) is 37.0 Å². The molecule has 0 saturated heterocycles. The molecule has 0 N–H and O–H groups in total. The first-order valence-corrected chi connectivity index (χ1v) is 6.57. The monoisotopic (exact) mass is 317 g/mol. The van der Waals surface area contributed by atoms with Gasteiger partial charge in [-0.05, 0) is 27.6 Å². The van der Waals surface area contributed by atoms with E-state index in [1.807, 2.05) is 17.0 Å². The summed E-state index contributed by atoms with van der Waals surface area (Å²) in [5, 5.41) is 8.73. The average Bonchev–Trinajstić information content (AvgIpc) is 2.45. The first-order valence-electron chi connectivity index (χ1n) is 5.78. The van der Waals surface area contributed by atoms with Crippen LogP contribution >= 0.6 is 15.9 Å². The van der Waals surface area contributed by atoms with Gasteiger partial charge in [0.15, 0.2) is 0 Å². The zero-order valence-corrected chi connectivity index (χ0v) is 11.8. The van der Waals surface area contributed by atoms with Crippen LogP contribution in [0.4, 0.5) is 5.95 Å². The van der Waals surface area contributed by atoms with Crippen LogP contribution in [0.25, 0.3) is 0 Å². The molecule has 0 spiro atoms. The maximum atomic E-state index is 8.73. The van der Waals surface area contributed by atoms with Crippen molar-refractivity contribution in [3.63, 3.8) is 0 Å². The Balaban J connectivity index is 2.16.